The molecule has 0 aliphatic heterocycles. The molecule has 0 radical (unpaired) electrons. The van der Waals surface area contributed by atoms with E-state index in [2.05, 4.69) is 0 Å². The van der Waals surface area contributed by atoms with E-state index in [1.807, 2.05) is 0 Å². The summed E-state index contributed by atoms with van der Waals surface area (Å²) in [5.74, 6) is 2.22. The summed E-state index contributed by atoms with van der Waals surface area (Å²) in [7, 11) is -4.24. The van der Waals surface area contributed by atoms with E-state index in [0.717, 1.165) is 0 Å². The Bertz CT molecular complexity index is 1540. The van der Waals surface area contributed by atoms with Crippen LogP contribution >= 0.6 is 0 Å². The third-order valence-electron chi connectivity index (χ3n) is 6.37. The number of sulfone groups is 2. The average Bonchev–Trinajstić information content (AvgIpc) is 3.06. The molecule has 44 heavy (non-hydrogen) atoms. The third kappa shape index (κ3) is 8.73. The fourth-order valence-electron chi connectivity index (χ4n) is 3.97. The first-order chi connectivity index (χ1) is 21.2. The molecule has 0 aliphatic rings. The predicted molar refractivity (Wildman–Crippen MR) is 162 cm³/mol. The molecule has 0 atom stereocenters. The van der Waals surface area contributed by atoms with Gasteiger partial charge in [0.1, 0.15) is 36.2 Å². The van der Waals surface area contributed by atoms with Crippen LogP contribution in [0.2, 0.25) is 0 Å². The molecule has 10 nitrogen and oxygen atoms in total. The van der Waals surface area contributed by atoms with Gasteiger partial charge in [-0.15, -0.1) is 0 Å². The van der Waals surface area contributed by atoms with Gasteiger partial charge in [-0.2, -0.15) is 0 Å². The lowest BCUT2D eigenvalue weighted by Gasteiger charge is -2.10. The number of benzene rings is 4. The van der Waals surface area contributed by atoms with E-state index in [1.165, 1.54) is 62.8 Å². The molecule has 234 valence electrons. The summed E-state index contributed by atoms with van der Waals surface area (Å²) in [4.78, 5) is 0.702. The SMILES string of the molecule is COc1ccc(S(=O)(=O)c2ccc(OCCOCCOCCOc3ccc(S(=O)(=O)c4ccc(OC)cc4)cc3)cc2)cc1. The highest BCUT2D eigenvalue weighted by atomic mass is 32.2. The Morgan fingerprint density at radius 1 is 0.386 bits per heavy atom. The van der Waals surface area contributed by atoms with Crippen molar-refractivity contribution in [1.82, 2.24) is 0 Å². The van der Waals surface area contributed by atoms with E-state index in [4.69, 9.17) is 28.4 Å². The predicted octanol–water partition coefficient (Wildman–Crippen LogP) is 4.86. The summed E-state index contributed by atoms with van der Waals surface area (Å²) in [6.07, 6.45) is 0. The second-order valence-electron chi connectivity index (χ2n) is 9.22. The second kappa shape index (κ2) is 15.6. The van der Waals surface area contributed by atoms with Gasteiger partial charge in [-0.3, -0.25) is 0 Å². The molecule has 0 aromatic heterocycles. The maximum absolute atomic E-state index is 12.8. The van der Waals surface area contributed by atoms with Crippen molar-refractivity contribution in [2.45, 2.75) is 19.6 Å². The van der Waals surface area contributed by atoms with E-state index in [9.17, 15) is 16.8 Å². The minimum atomic E-state index is -3.64. The van der Waals surface area contributed by atoms with Crippen molar-refractivity contribution in [2.24, 2.45) is 0 Å². The fourth-order valence-corrected chi connectivity index (χ4v) is 6.49. The second-order valence-corrected chi connectivity index (χ2v) is 13.1. The minimum Gasteiger partial charge on any atom is -0.497 e. The van der Waals surface area contributed by atoms with Gasteiger partial charge in [0.05, 0.1) is 60.2 Å². The monoisotopic (exact) mass is 642 g/mol. The number of hydrogen-bond acceptors (Lipinski definition) is 10. The Labute approximate surface area is 257 Å². The summed E-state index contributed by atoms with van der Waals surface area (Å²) in [6, 6.07) is 24.9. The lowest BCUT2D eigenvalue weighted by atomic mass is 10.3. The number of ether oxygens (including phenoxy) is 6. The number of methoxy groups -OCH3 is 2. The molecule has 0 unspecified atom stereocenters. The van der Waals surface area contributed by atoms with Crippen molar-refractivity contribution in [2.75, 3.05) is 53.9 Å². The zero-order valence-corrected chi connectivity index (χ0v) is 26.0. The van der Waals surface area contributed by atoms with E-state index < -0.39 is 19.7 Å². The fraction of sp³-hybridized carbons (Fsp3) is 0.250. The van der Waals surface area contributed by atoms with Crippen LogP contribution in [0.3, 0.4) is 0 Å². The van der Waals surface area contributed by atoms with Gasteiger partial charge in [0.15, 0.2) is 0 Å². The summed E-state index contributed by atoms with van der Waals surface area (Å²) in [5, 5.41) is 0. The van der Waals surface area contributed by atoms with Crippen LogP contribution in [0.25, 0.3) is 0 Å². The van der Waals surface area contributed by atoms with E-state index in [0.29, 0.717) is 49.4 Å². The van der Waals surface area contributed by atoms with E-state index in [1.54, 1.807) is 48.5 Å². The van der Waals surface area contributed by atoms with Crippen LogP contribution < -0.4 is 18.9 Å². The maximum Gasteiger partial charge on any atom is 0.206 e. The van der Waals surface area contributed by atoms with E-state index in [-0.39, 0.29) is 32.8 Å². The molecule has 0 fully saturated rings. The minimum absolute atomic E-state index is 0.169. The van der Waals surface area contributed by atoms with Crippen molar-refractivity contribution in [3.63, 3.8) is 0 Å². The average molecular weight is 643 g/mol. The van der Waals surface area contributed by atoms with Crippen molar-refractivity contribution >= 4 is 19.7 Å². The van der Waals surface area contributed by atoms with Gasteiger partial charge in [-0.25, -0.2) is 16.8 Å². The maximum atomic E-state index is 12.8. The molecular formula is C32H34O10S2. The molecule has 0 saturated heterocycles. The third-order valence-corrected chi connectivity index (χ3v) is 9.94. The molecule has 12 heteroatoms. The molecule has 0 spiro atoms. The summed E-state index contributed by atoms with van der Waals surface area (Å²) in [5.41, 5.74) is 0. The summed E-state index contributed by atoms with van der Waals surface area (Å²) < 4.78 is 83.6. The first-order valence-corrected chi connectivity index (χ1v) is 16.6. The van der Waals surface area contributed by atoms with Crippen molar-refractivity contribution in [1.29, 1.82) is 0 Å². The molecular weight excluding hydrogens is 608 g/mol. The lowest BCUT2D eigenvalue weighted by molar-refractivity contribution is 0.0273. The highest BCUT2D eigenvalue weighted by Gasteiger charge is 2.19. The molecule has 0 N–H and O–H groups in total. The zero-order valence-electron chi connectivity index (χ0n) is 24.4. The number of rotatable bonds is 17. The van der Waals surface area contributed by atoms with Gasteiger partial charge in [-0.1, -0.05) is 0 Å². The molecule has 0 heterocycles. The standard InChI is InChI=1S/C32H34O10S2/c1-37-25-3-11-29(12-4-25)43(33,34)31-15-7-27(8-16-31)41-23-21-39-19-20-40-22-24-42-28-9-17-32(18-10-28)44(35,36)30-13-5-26(38-2)6-14-30/h3-18H,19-24H2,1-2H3. The first kappa shape index (κ1) is 32.8. The van der Waals surface area contributed by atoms with Crippen LogP contribution in [0.15, 0.2) is 117 Å². The van der Waals surface area contributed by atoms with Crippen LogP contribution in [-0.4, -0.2) is 70.7 Å². The highest BCUT2D eigenvalue weighted by Crippen LogP contribution is 2.26. The normalized spacial score (nSPS) is 11.6. The van der Waals surface area contributed by atoms with Gasteiger partial charge >= 0.3 is 0 Å². The van der Waals surface area contributed by atoms with Gasteiger partial charge in [0.2, 0.25) is 19.7 Å². The lowest BCUT2D eigenvalue weighted by Crippen LogP contribution is -2.13. The Kier molecular flexibility index (Phi) is 11.6. The quantitative estimate of drug-likeness (QED) is 0.148. The Morgan fingerprint density at radius 3 is 0.909 bits per heavy atom. The molecule has 4 aromatic rings. The van der Waals surface area contributed by atoms with Gasteiger partial charge in [0, 0.05) is 0 Å². The molecule has 0 saturated carbocycles. The van der Waals surface area contributed by atoms with Crippen molar-refractivity contribution < 1.29 is 45.3 Å². The molecule has 0 amide bonds. The molecule has 0 aliphatic carbocycles. The Balaban J connectivity index is 1.08. The van der Waals surface area contributed by atoms with Crippen LogP contribution in [0.5, 0.6) is 23.0 Å². The molecule has 4 aromatic carbocycles. The van der Waals surface area contributed by atoms with Crippen LogP contribution in [0, 0.1) is 0 Å². The largest absolute Gasteiger partial charge is 0.497 e. The Morgan fingerprint density at radius 2 is 0.636 bits per heavy atom. The van der Waals surface area contributed by atoms with Gasteiger partial charge in [-0.05, 0) is 97.1 Å². The molecule has 4 rings (SSSR count). The van der Waals surface area contributed by atoms with Crippen LogP contribution in [0.4, 0.5) is 0 Å². The van der Waals surface area contributed by atoms with Gasteiger partial charge in [0.25, 0.3) is 0 Å². The number of hydrogen-bond donors (Lipinski definition) is 0. The van der Waals surface area contributed by atoms with Crippen molar-refractivity contribution in [3.05, 3.63) is 97.1 Å². The van der Waals surface area contributed by atoms with Gasteiger partial charge < -0.3 is 28.4 Å². The Hall–Kier alpha value is -4.10. The highest BCUT2D eigenvalue weighted by molar-refractivity contribution is 7.91. The first-order valence-electron chi connectivity index (χ1n) is 13.6. The summed E-state index contributed by atoms with van der Waals surface area (Å²) in [6.45, 7) is 1.96. The van der Waals surface area contributed by atoms with Crippen molar-refractivity contribution in [3.8, 4) is 23.0 Å². The zero-order chi connectivity index (χ0) is 31.4. The van der Waals surface area contributed by atoms with E-state index >= 15 is 0 Å². The summed E-state index contributed by atoms with van der Waals surface area (Å²) >= 11 is 0. The van der Waals surface area contributed by atoms with Crippen LogP contribution in [-0.2, 0) is 29.1 Å². The molecule has 0 bridgehead atoms. The smallest absolute Gasteiger partial charge is 0.206 e. The topological polar surface area (TPSA) is 124 Å². The van der Waals surface area contributed by atoms with Crippen LogP contribution in [0.1, 0.15) is 0 Å².